The van der Waals surface area contributed by atoms with Crippen molar-refractivity contribution >= 4 is 51.0 Å². The van der Waals surface area contributed by atoms with Crippen LogP contribution in [0.1, 0.15) is 19.3 Å². The summed E-state index contributed by atoms with van der Waals surface area (Å²) in [7, 11) is 0. The number of aldehydes is 1. The molecule has 3 aromatic rings. The molecule has 4 heterocycles. The predicted octanol–water partition coefficient (Wildman–Crippen LogP) is 2.76. The zero-order chi connectivity index (χ0) is 24.4. The highest BCUT2D eigenvalue weighted by molar-refractivity contribution is 9.10. The first kappa shape index (κ1) is 24.3. The van der Waals surface area contributed by atoms with E-state index < -0.39 is 6.10 Å². The number of anilines is 1. The zero-order valence-electron chi connectivity index (χ0n) is 19.1. The molecule has 0 spiro atoms. The monoisotopic (exact) mass is 562 g/mol. The van der Waals surface area contributed by atoms with E-state index in [1.54, 1.807) is 0 Å². The fraction of sp³-hybridized carbons (Fsp3) is 0.478. The van der Waals surface area contributed by atoms with Gasteiger partial charge in [0.15, 0.2) is 33.6 Å². The molecule has 12 heteroatoms. The van der Waals surface area contributed by atoms with E-state index in [9.17, 15) is 9.90 Å². The number of β-amino-alcohol motifs (C(OH)–C–C–N with tert-alkyl or cyclic N) is 1. The number of nitrogens with two attached hydrogens (primary N) is 1. The number of nitrogens with zero attached hydrogens (tertiary/aromatic N) is 5. The first-order chi connectivity index (χ1) is 17.0. The number of imidazole rings is 1. The number of rotatable bonds is 8. The van der Waals surface area contributed by atoms with Crippen molar-refractivity contribution in [3.8, 4) is 11.5 Å². The van der Waals surface area contributed by atoms with Crippen LogP contribution in [0.25, 0.3) is 11.2 Å². The third-order valence-electron chi connectivity index (χ3n) is 6.39. The fourth-order valence-electron chi connectivity index (χ4n) is 4.51. The van der Waals surface area contributed by atoms with Gasteiger partial charge in [0.2, 0.25) is 0 Å². The van der Waals surface area contributed by atoms with Gasteiger partial charge in [-0.3, -0.25) is 0 Å². The summed E-state index contributed by atoms with van der Waals surface area (Å²) in [6.45, 7) is 3.97. The molecule has 35 heavy (non-hydrogen) atoms. The number of hydrogen-bond donors (Lipinski definition) is 2. The number of piperidine rings is 1. The van der Waals surface area contributed by atoms with Crippen molar-refractivity contribution in [2.24, 2.45) is 5.92 Å². The molecule has 5 rings (SSSR count). The molecule has 186 valence electrons. The summed E-state index contributed by atoms with van der Waals surface area (Å²) in [6, 6.07) is 3.89. The number of hydrogen-bond acceptors (Lipinski definition) is 10. The molecule has 1 atom stereocenters. The van der Waals surface area contributed by atoms with Crippen molar-refractivity contribution in [1.29, 1.82) is 0 Å². The number of carbonyl (C=O) groups excluding carboxylic acids is 1. The van der Waals surface area contributed by atoms with Gasteiger partial charge in [0, 0.05) is 22.5 Å². The zero-order valence-corrected chi connectivity index (χ0v) is 21.5. The Hall–Kier alpha value is -2.41. The first-order valence-electron chi connectivity index (χ1n) is 11.6. The van der Waals surface area contributed by atoms with Gasteiger partial charge in [-0.2, -0.15) is 0 Å². The molecule has 0 aliphatic carbocycles. The Morgan fingerprint density at radius 1 is 1.23 bits per heavy atom. The molecule has 0 radical (unpaired) electrons. The molecule has 2 aromatic heterocycles. The number of likely N-dealkylation sites (tertiary alicyclic amines) is 1. The normalized spacial score (nSPS) is 17.5. The molecule has 1 unspecified atom stereocenters. The SMILES string of the molecule is Nc1ncnc2c1nc(Sc1cc3c(cc1Br)OCCO3)n2CCC1CCN(CC(O)C=O)CC1. The maximum atomic E-state index is 10.7. The van der Waals surface area contributed by atoms with E-state index in [1.807, 2.05) is 12.1 Å². The topological polar surface area (TPSA) is 129 Å². The number of aliphatic hydroxyl groups excluding tert-OH is 1. The van der Waals surface area contributed by atoms with Gasteiger partial charge in [-0.05, 0) is 66.3 Å². The minimum absolute atomic E-state index is 0.360. The van der Waals surface area contributed by atoms with Gasteiger partial charge in [-0.1, -0.05) is 11.8 Å². The Bertz CT molecular complexity index is 1220. The van der Waals surface area contributed by atoms with Crippen molar-refractivity contribution in [2.75, 3.05) is 38.6 Å². The van der Waals surface area contributed by atoms with Crippen molar-refractivity contribution in [2.45, 2.75) is 42.0 Å². The van der Waals surface area contributed by atoms with Crippen molar-refractivity contribution < 1.29 is 19.4 Å². The lowest BCUT2D eigenvalue weighted by Crippen LogP contribution is -2.39. The third-order valence-corrected chi connectivity index (χ3v) is 8.36. The van der Waals surface area contributed by atoms with Crippen molar-refractivity contribution in [3.63, 3.8) is 0 Å². The number of aromatic nitrogens is 4. The number of nitrogen functional groups attached to an aromatic ring is 1. The number of halogens is 1. The van der Waals surface area contributed by atoms with Crippen LogP contribution in [-0.2, 0) is 11.3 Å². The van der Waals surface area contributed by atoms with E-state index in [0.29, 0.717) is 43.3 Å². The van der Waals surface area contributed by atoms with Gasteiger partial charge in [-0.15, -0.1) is 0 Å². The minimum Gasteiger partial charge on any atom is -0.486 e. The smallest absolute Gasteiger partial charge is 0.175 e. The van der Waals surface area contributed by atoms with Gasteiger partial charge in [0.25, 0.3) is 0 Å². The summed E-state index contributed by atoms with van der Waals surface area (Å²) < 4.78 is 14.5. The Morgan fingerprint density at radius 3 is 2.71 bits per heavy atom. The molecule has 0 saturated carbocycles. The van der Waals surface area contributed by atoms with Gasteiger partial charge >= 0.3 is 0 Å². The minimum atomic E-state index is -0.909. The maximum absolute atomic E-state index is 10.7. The average Bonchev–Trinajstić information content (AvgIpc) is 3.22. The lowest BCUT2D eigenvalue weighted by molar-refractivity contribution is -0.115. The molecule has 2 aliphatic heterocycles. The Kier molecular flexibility index (Phi) is 7.42. The number of ether oxygens (including phenoxy) is 2. The summed E-state index contributed by atoms with van der Waals surface area (Å²) >= 11 is 5.18. The van der Waals surface area contributed by atoms with E-state index in [-0.39, 0.29) is 0 Å². The van der Waals surface area contributed by atoms with Crippen LogP contribution in [0.2, 0.25) is 0 Å². The molecule has 2 aliphatic rings. The van der Waals surface area contributed by atoms with E-state index >= 15 is 0 Å². The molecule has 1 fully saturated rings. The molecule has 0 amide bonds. The third kappa shape index (κ3) is 5.40. The van der Waals surface area contributed by atoms with Gasteiger partial charge in [0.05, 0.1) is 0 Å². The van der Waals surface area contributed by atoms with Crippen LogP contribution in [0.15, 0.2) is 33.0 Å². The summed E-state index contributed by atoms with van der Waals surface area (Å²) in [5.74, 6) is 2.34. The van der Waals surface area contributed by atoms with E-state index in [4.69, 9.17) is 20.2 Å². The van der Waals surface area contributed by atoms with Gasteiger partial charge < -0.3 is 34.6 Å². The summed E-state index contributed by atoms with van der Waals surface area (Å²) in [4.78, 5) is 27.2. The second-order valence-electron chi connectivity index (χ2n) is 8.74. The van der Waals surface area contributed by atoms with Crippen LogP contribution in [0, 0.1) is 5.92 Å². The highest BCUT2D eigenvalue weighted by Crippen LogP contribution is 2.42. The van der Waals surface area contributed by atoms with Crippen LogP contribution >= 0.6 is 27.7 Å². The van der Waals surface area contributed by atoms with Crippen LogP contribution < -0.4 is 15.2 Å². The predicted molar refractivity (Wildman–Crippen MR) is 135 cm³/mol. The lowest BCUT2D eigenvalue weighted by atomic mass is 9.93. The standard InChI is InChI=1S/C23H27BrN6O4S/c24-16-9-17-18(34-8-7-33-17)10-19(16)35-23-28-20-21(25)26-13-27-22(20)30(23)6-3-14-1-4-29(5-2-14)11-15(32)12-31/h9-10,12-15,32H,1-8,11H2,(H2,25,26,27). The van der Waals surface area contributed by atoms with Gasteiger partial charge in [0.1, 0.15) is 31.9 Å². The highest BCUT2D eigenvalue weighted by atomic mass is 79.9. The highest BCUT2D eigenvalue weighted by Gasteiger charge is 2.23. The van der Waals surface area contributed by atoms with Gasteiger partial charge in [-0.25, -0.2) is 15.0 Å². The molecular weight excluding hydrogens is 536 g/mol. The number of aliphatic hydroxyl groups is 1. The molecule has 0 bridgehead atoms. The van der Waals surface area contributed by atoms with E-state index in [1.165, 1.54) is 18.1 Å². The lowest BCUT2D eigenvalue weighted by Gasteiger charge is -2.32. The number of aryl methyl sites for hydroxylation is 1. The molecule has 3 N–H and O–H groups in total. The Labute approximate surface area is 215 Å². The number of benzene rings is 1. The molecule has 1 saturated heterocycles. The van der Waals surface area contributed by atoms with Crippen molar-refractivity contribution in [1.82, 2.24) is 24.4 Å². The average molecular weight is 563 g/mol. The van der Waals surface area contributed by atoms with Crippen LogP contribution in [0.3, 0.4) is 0 Å². The first-order valence-corrected chi connectivity index (χ1v) is 13.2. The van der Waals surface area contributed by atoms with Crippen molar-refractivity contribution in [3.05, 3.63) is 22.9 Å². The second kappa shape index (κ2) is 10.7. The molecule has 10 nitrogen and oxygen atoms in total. The van der Waals surface area contributed by atoms with Crippen LogP contribution in [0.5, 0.6) is 11.5 Å². The summed E-state index contributed by atoms with van der Waals surface area (Å²) in [5, 5.41) is 10.4. The Balaban J connectivity index is 1.34. The largest absolute Gasteiger partial charge is 0.486 e. The maximum Gasteiger partial charge on any atom is 0.175 e. The number of fused-ring (bicyclic) bond motifs is 2. The Morgan fingerprint density at radius 2 is 1.97 bits per heavy atom. The summed E-state index contributed by atoms with van der Waals surface area (Å²) in [5.41, 5.74) is 7.45. The van der Waals surface area contributed by atoms with Crippen LogP contribution in [-0.4, -0.2) is 74.8 Å². The van der Waals surface area contributed by atoms with Crippen LogP contribution in [0.4, 0.5) is 5.82 Å². The molecular formula is C23H27BrN6O4S. The second-order valence-corrected chi connectivity index (χ2v) is 10.6. The van der Waals surface area contributed by atoms with E-state index in [2.05, 4.69) is 35.4 Å². The quantitative estimate of drug-likeness (QED) is 0.395. The fourth-order valence-corrected chi connectivity index (χ4v) is 6.02. The van der Waals surface area contributed by atoms with E-state index in [0.717, 1.165) is 70.6 Å². The molecule has 1 aromatic carbocycles. The number of carbonyl (C=O) groups is 1. The summed E-state index contributed by atoms with van der Waals surface area (Å²) in [6.07, 6.45) is 4.17.